The van der Waals surface area contributed by atoms with Gasteiger partial charge in [-0.3, -0.25) is 0 Å². The van der Waals surface area contributed by atoms with Crippen LogP contribution in [0.4, 0.5) is 0 Å². The standard InChI is InChI=1S/C24H18OS2/c26-21-15-11-19(12-16-21)25-20-13-17-24(18-14-20)27(22-7-3-1-4-8-22)23-9-5-2-6-10-23/h1-18H/p+1. The fourth-order valence-corrected chi connectivity index (χ4v) is 5.05. The van der Waals surface area contributed by atoms with Crippen molar-refractivity contribution >= 4 is 23.5 Å². The predicted octanol–water partition coefficient (Wildman–Crippen LogP) is 6.86. The lowest BCUT2D eigenvalue weighted by molar-refractivity contribution is 0.482. The molecule has 4 aromatic rings. The van der Waals surface area contributed by atoms with Gasteiger partial charge in [-0.1, -0.05) is 36.4 Å². The molecule has 0 aliphatic carbocycles. The van der Waals surface area contributed by atoms with Crippen molar-refractivity contribution in [2.45, 2.75) is 19.6 Å². The third-order valence-electron chi connectivity index (χ3n) is 4.09. The molecule has 0 radical (unpaired) electrons. The maximum absolute atomic E-state index is 5.95. The largest absolute Gasteiger partial charge is 0.457 e. The van der Waals surface area contributed by atoms with Crippen LogP contribution in [0.3, 0.4) is 0 Å². The Labute approximate surface area is 168 Å². The number of hydrogen-bond acceptors (Lipinski definition) is 2. The number of benzene rings is 4. The quantitative estimate of drug-likeness (QED) is 0.291. The van der Waals surface area contributed by atoms with Crippen LogP contribution in [0.1, 0.15) is 0 Å². The summed E-state index contributed by atoms with van der Waals surface area (Å²) in [6, 6.07) is 37.4. The lowest BCUT2D eigenvalue weighted by Crippen LogP contribution is -2.04. The molecule has 4 aromatic carbocycles. The smallest absolute Gasteiger partial charge is 0.166 e. The zero-order chi connectivity index (χ0) is 18.5. The molecule has 0 saturated carbocycles. The molecule has 1 nitrogen and oxygen atoms in total. The van der Waals surface area contributed by atoms with Crippen molar-refractivity contribution < 1.29 is 4.74 Å². The van der Waals surface area contributed by atoms with E-state index in [1.807, 2.05) is 36.4 Å². The van der Waals surface area contributed by atoms with Crippen molar-refractivity contribution in [3.05, 3.63) is 109 Å². The number of ether oxygens (including phenoxy) is 1. The van der Waals surface area contributed by atoms with Crippen LogP contribution in [0.15, 0.2) is 129 Å². The first-order valence-electron chi connectivity index (χ1n) is 8.71. The van der Waals surface area contributed by atoms with E-state index in [4.69, 9.17) is 4.74 Å². The van der Waals surface area contributed by atoms with Gasteiger partial charge in [-0.15, -0.1) is 12.6 Å². The third-order valence-corrected chi connectivity index (χ3v) is 6.62. The minimum absolute atomic E-state index is 0.138. The summed E-state index contributed by atoms with van der Waals surface area (Å²) in [7, 11) is -0.138. The van der Waals surface area contributed by atoms with E-state index in [0.29, 0.717) is 0 Å². The van der Waals surface area contributed by atoms with Crippen LogP contribution >= 0.6 is 12.6 Å². The van der Waals surface area contributed by atoms with Crippen molar-refractivity contribution in [3.8, 4) is 11.5 Å². The summed E-state index contributed by atoms with van der Waals surface area (Å²) in [6.07, 6.45) is 0. The summed E-state index contributed by atoms with van der Waals surface area (Å²) in [4.78, 5) is 4.81. The van der Waals surface area contributed by atoms with E-state index in [2.05, 4.69) is 85.4 Å². The lowest BCUT2D eigenvalue weighted by atomic mass is 10.3. The first-order valence-corrected chi connectivity index (χ1v) is 10.4. The fourth-order valence-electron chi connectivity index (χ4n) is 2.82. The highest BCUT2D eigenvalue weighted by Crippen LogP contribution is 2.32. The van der Waals surface area contributed by atoms with Gasteiger partial charge in [0.05, 0.1) is 10.9 Å². The molecule has 0 atom stereocenters. The third kappa shape index (κ3) is 4.38. The molecule has 3 heteroatoms. The first-order chi connectivity index (χ1) is 13.3. The molecule has 0 amide bonds. The lowest BCUT2D eigenvalue weighted by Gasteiger charge is -2.09. The van der Waals surface area contributed by atoms with Gasteiger partial charge < -0.3 is 4.74 Å². The molecular weight excluding hydrogens is 368 g/mol. The fraction of sp³-hybridized carbons (Fsp3) is 0. The summed E-state index contributed by atoms with van der Waals surface area (Å²) < 4.78 is 5.95. The van der Waals surface area contributed by atoms with E-state index in [9.17, 15) is 0 Å². The van der Waals surface area contributed by atoms with Gasteiger partial charge in [-0.2, -0.15) is 0 Å². The molecule has 0 unspecified atom stereocenters. The van der Waals surface area contributed by atoms with E-state index in [1.165, 1.54) is 14.7 Å². The van der Waals surface area contributed by atoms with Gasteiger partial charge >= 0.3 is 0 Å². The van der Waals surface area contributed by atoms with Gasteiger partial charge in [0.25, 0.3) is 0 Å². The summed E-state index contributed by atoms with van der Waals surface area (Å²) >= 11 is 4.31. The van der Waals surface area contributed by atoms with Crippen LogP contribution in [0.2, 0.25) is 0 Å². The van der Waals surface area contributed by atoms with Gasteiger partial charge in [0, 0.05) is 4.90 Å². The van der Waals surface area contributed by atoms with Gasteiger partial charge in [-0.25, -0.2) is 0 Å². The highest BCUT2D eigenvalue weighted by molar-refractivity contribution is 7.97. The highest BCUT2D eigenvalue weighted by atomic mass is 32.2. The van der Waals surface area contributed by atoms with Crippen LogP contribution in [0.5, 0.6) is 11.5 Å². The molecule has 27 heavy (non-hydrogen) atoms. The molecule has 132 valence electrons. The topological polar surface area (TPSA) is 9.23 Å². The highest BCUT2D eigenvalue weighted by Gasteiger charge is 2.28. The van der Waals surface area contributed by atoms with Gasteiger partial charge in [0.15, 0.2) is 14.7 Å². The van der Waals surface area contributed by atoms with Crippen molar-refractivity contribution in [2.75, 3.05) is 0 Å². The van der Waals surface area contributed by atoms with Crippen LogP contribution in [0, 0.1) is 0 Å². The summed E-state index contributed by atoms with van der Waals surface area (Å²) in [5.74, 6) is 1.64. The molecule has 0 heterocycles. The Morgan fingerprint density at radius 3 is 1.37 bits per heavy atom. The molecule has 0 bridgehead atoms. The Morgan fingerprint density at radius 1 is 0.481 bits per heavy atom. The summed E-state index contributed by atoms with van der Waals surface area (Å²) in [5, 5.41) is 0. The van der Waals surface area contributed by atoms with E-state index in [-0.39, 0.29) is 10.9 Å². The Balaban J connectivity index is 1.64. The van der Waals surface area contributed by atoms with E-state index < -0.39 is 0 Å². The number of hydrogen-bond donors (Lipinski definition) is 1. The predicted molar refractivity (Wildman–Crippen MR) is 115 cm³/mol. The molecule has 4 rings (SSSR count). The molecule has 0 fully saturated rings. The minimum Gasteiger partial charge on any atom is -0.457 e. The van der Waals surface area contributed by atoms with Crippen LogP contribution in [0.25, 0.3) is 0 Å². The van der Waals surface area contributed by atoms with Crippen LogP contribution in [-0.4, -0.2) is 0 Å². The zero-order valence-corrected chi connectivity index (χ0v) is 16.4. The first kappa shape index (κ1) is 17.8. The average Bonchev–Trinajstić information content (AvgIpc) is 2.73. The van der Waals surface area contributed by atoms with Gasteiger partial charge in [0.2, 0.25) is 0 Å². The second-order valence-corrected chi connectivity index (χ2v) is 8.54. The molecule has 0 aliphatic heterocycles. The molecule has 0 aromatic heterocycles. The van der Waals surface area contributed by atoms with Crippen LogP contribution < -0.4 is 4.74 Å². The second-order valence-electron chi connectivity index (χ2n) is 6.00. The Kier molecular flexibility index (Phi) is 5.52. The van der Waals surface area contributed by atoms with E-state index in [1.54, 1.807) is 0 Å². The molecular formula is C24H19OS2+. The normalized spacial score (nSPS) is 10.7. The number of rotatable bonds is 5. The summed E-state index contributed by atoms with van der Waals surface area (Å²) in [5.41, 5.74) is 0. The Morgan fingerprint density at radius 2 is 0.889 bits per heavy atom. The van der Waals surface area contributed by atoms with Crippen molar-refractivity contribution in [1.29, 1.82) is 0 Å². The van der Waals surface area contributed by atoms with Crippen molar-refractivity contribution in [2.24, 2.45) is 0 Å². The summed E-state index contributed by atoms with van der Waals surface area (Å²) in [6.45, 7) is 0. The van der Waals surface area contributed by atoms with Crippen molar-refractivity contribution in [3.63, 3.8) is 0 Å². The maximum atomic E-state index is 5.95. The second kappa shape index (κ2) is 8.38. The Bertz CT molecular complexity index is 942. The molecule has 0 aliphatic rings. The monoisotopic (exact) mass is 387 g/mol. The Hall–Kier alpha value is -2.62. The van der Waals surface area contributed by atoms with Crippen molar-refractivity contribution in [1.82, 2.24) is 0 Å². The van der Waals surface area contributed by atoms with Crippen LogP contribution in [-0.2, 0) is 10.9 Å². The minimum atomic E-state index is -0.138. The van der Waals surface area contributed by atoms with Gasteiger partial charge in [-0.05, 0) is 72.8 Å². The van der Waals surface area contributed by atoms with Gasteiger partial charge in [0.1, 0.15) is 11.5 Å². The SMILES string of the molecule is Sc1ccc(Oc2ccc([S+](c3ccccc3)c3ccccc3)cc2)cc1. The molecule has 0 N–H and O–H groups in total. The zero-order valence-electron chi connectivity index (χ0n) is 14.7. The maximum Gasteiger partial charge on any atom is 0.166 e. The molecule has 0 saturated heterocycles. The average molecular weight is 388 g/mol. The van der Waals surface area contributed by atoms with E-state index >= 15 is 0 Å². The van der Waals surface area contributed by atoms with E-state index in [0.717, 1.165) is 16.4 Å². The number of thiol groups is 1. The molecule has 0 spiro atoms.